The lowest BCUT2D eigenvalue weighted by molar-refractivity contribution is 0.0697. The van der Waals surface area contributed by atoms with Crippen LogP contribution in [0.1, 0.15) is 59.5 Å². The smallest absolute Gasteiger partial charge is 0.274 e. The number of hydrogen-bond donors (Lipinski definition) is 0. The molecule has 1 aromatic carbocycles. The number of nitrogens with zero attached hydrogens (tertiary/aromatic N) is 5. The van der Waals surface area contributed by atoms with Gasteiger partial charge in [0.05, 0.1) is 11.0 Å². The van der Waals surface area contributed by atoms with Crippen molar-refractivity contribution in [1.82, 2.24) is 24.2 Å². The molecule has 6 nitrogen and oxygen atoms in total. The average Bonchev–Trinajstić information content (AvgIpc) is 3.38. The summed E-state index contributed by atoms with van der Waals surface area (Å²) in [7, 11) is 4.02. The van der Waals surface area contributed by atoms with Crippen molar-refractivity contribution in [3.8, 4) is 0 Å². The second-order valence-electron chi connectivity index (χ2n) is 7.96. The lowest BCUT2D eigenvalue weighted by atomic mass is 9.97. The van der Waals surface area contributed by atoms with Crippen LogP contribution in [0, 0.1) is 0 Å². The van der Waals surface area contributed by atoms with Crippen molar-refractivity contribution in [2.45, 2.75) is 37.5 Å². The van der Waals surface area contributed by atoms with Crippen LogP contribution >= 0.6 is 0 Å². The van der Waals surface area contributed by atoms with Gasteiger partial charge in [0.2, 0.25) is 0 Å². The molecule has 2 aromatic heterocycles. The predicted octanol–water partition coefficient (Wildman–Crippen LogP) is 3.20. The second-order valence-corrected chi connectivity index (χ2v) is 7.96. The second kappa shape index (κ2) is 6.22. The van der Waals surface area contributed by atoms with Gasteiger partial charge >= 0.3 is 0 Å². The van der Waals surface area contributed by atoms with E-state index in [1.165, 1.54) is 18.5 Å². The van der Waals surface area contributed by atoms with E-state index in [0.29, 0.717) is 18.2 Å². The Morgan fingerprint density at radius 1 is 1.11 bits per heavy atom. The van der Waals surface area contributed by atoms with Crippen LogP contribution in [0.5, 0.6) is 0 Å². The number of aryl methyl sites for hydroxylation is 2. The number of carbonyl (C=O) groups excluding carboxylic acids is 1. The molecular formula is C21H25N5O. The van der Waals surface area contributed by atoms with Gasteiger partial charge in [-0.2, -0.15) is 5.10 Å². The molecule has 1 saturated heterocycles. The molecule has 0 N–H and O–H groups in total. The normalized spacial score (nSPS) is 20.4. The number of benzene rings is 1. The van der Waals surface area contributed by atoms with Gasteiger partial charge in [-0.3, -0.25) is 9.48 Å². The van der Waals surface area contributed by atoms with E-state index < -0.39 is 0 Å². The Morgan fingerprint density at radius 2 is 1.93 bits per heavy atom. The highest BCUT2D eigenvalue weighted by atomic mass is 16.2. The largest absolute Gasteiger partial charge is 0.337 e. The Morgan fingerprint density at radius 3 is 2.70 bits per heavy atom. The Balaban J connectivity index is 1.39. The first-order valence-corrected chi connectivity index (χ1v) is 9.86. The molecule has 2 aliphatic rings. The molecule has 2 fully saturated rings. The maximum Gasteiger partial charge on any atom is 0.274 e. The molecule has 1 aliphatic heterocycles. The summed E-state index contributed by atoms with van der Waals surface area (Å²) in [5, 5.41) is 4.50. The van der Waals surface area contributed by atoms with Crippen molar-refractivity contribution in [3.63, 3.8) is 0 Å². The van der Waals surface area contributed by atoms with E-state index in [1.807, 2.05) is 34.8 Å². The number of amides is 1. The number of para-hydroxylation sites is 2. The van der Waals surface area contributed by atoms with Gasteiger partial charge in [-0.25, -0.2) is 4.98 Å². The maximum atomic E-state index is 13.1. The molecule has 0 bridgehead atoms. The molecule has 1 saturated carbocycles. The zero-order valence-electron chi connectivity index (χ0n) is 15.9. The minimum absolute atomic E-state index is 0.0564. The van der Waals surface area contributed by atoms with E-state index in [2.05, 4.69) is 28.8 Å². The molecule has 0 radical (unpaired) electrons. The number of likely N-dealkylation sites (tertiary alicyclic amines) is 1. The third kappa shape index (κ3) is 2.83. The molecule has 0 spiro atoms. The Bertz CT molecular complexity index is 1010. The van der Waals surface area contributed by atoms with E-state index in [-0.39, 0.29) is 11.8 Å². The molecule has 27 heavy (non-hydrogen) atoms. The van der Waals surface area contributed by atoms with Crippen LogP contribution in [0.4, 0.5) is 0 Å². The average molecular weight is 363 g/mol. The zero-order valence-corrected chi connectivity index (χ0v) is 15.9. The van der Waals surface area contributed by atoms with E-state index >= 15 is 0 Å². The molecule has 140 valence electrons. The standard InChI is InChI=1S/C21H25N5O/c1-24-18-8-4-3-7-16(18)22-20(24)15-6-5-11-26(13-15)21(27)17-12-19(14-9-10-14)25(2)23-17/h3-4,7-8,12,14-15H,5-6,9-11,13H2,1-2H3. The summed E-state index contributed by atoms with van der Waals surface area (Å²) in [5.74, 6) is 2.00. The molecule has 1 unspecified atom stereocenters. The fraction of sp³-hybridized carbons (Fsp3) is 0.476. The van der Waals surface area contributed by atoms with Crippen LogP contribution in [0.15, 0.2) is 30.3 Å². The lowest BCUT2D eigenvalue weighted by Crippen LogP contribution is -2.40. The molecule has 3 aromatic rings. The Labute approximate surface area is 158 Å². The van der Waals surface area contributed by atoms with Crippen LogP contribution in [0.2, 0.25) is 0 Å². The monoisotopic (exact) mass is 363 g/mol. The summed E-state index contributed by atoms with van der Waals surface area (Å²) >= 11 is 0. The van der Waals surface area contributed by atoms with Gasteiger partial charge in [0.25, 0.3) is 5.91 Å². The SMILES string of the molecule is Cn1nc(C(=O)N2CCCC(c3nc4ccccc4n3C)C2)cc1C1CC1. The van der Waals surface area contributed by atoms with Crippen molar-refractivity contribution >= 4 is 16.9 Å². The van der Waals surface area contributed by atoms with Crippen molar-refractivity contribution in [1.29, 1.82) is 0 Å². The number of carbonyl (C=O) groups is 1. The van der Waals surface area contributed by atoms with Crippen molar-refractivity contribution in [3.05, 3.63) is 47.5 Å². The van der Waals surface area contributed by atoms with E-state index in [4.69, 9.17) is 4.98 Å². The number of rotatable bonds is 3. The number of fused-ring (bicyclic) bond motifs is 1. The first-order chi connectivity index (χ1) is 13.1. The van der Waals surface area contributed by atoms with Gasteiger partial charge in [0.15, 0.2) is 5.69 Å². The summed E-state index contributed by atoms with van der Waals surface area (Å²) < 4.78 is 4.07. The topological polar surface area (TPSA) is 56.0 Å². The summed E-state index contributed by atoms with van der Waals surface area (Å²) in [6.45, 7) is 1.51. The molecule has 5 rings (SSSR count). The van der Waals surface area contributed by atoms with Crippen LogP contribution in [0.3, 0.4) is 0 Å². The van der Waals surface area contributed by atoms with Crippen LogP contribution in [0.25, 0.3) is 11.0 Å². The zero-order chi connectivity index (χ0) is 18.5. The van der Waals surface area contributed by atoms with Crippen molar-refractivity contribution < 1.29 is 4.79 Å². The molecule has 3 heterocycles. The predicted molar refractivity (Wildman–Crippen MR) is 104 cm³/mol. The lowest BCUT2D eigenvalue weighted by Gasteiger charge is -2.32. The number of imidazole rings is 1. The number of hydrogen-bond acceptors (Lipinski definition) is 3. The van der Waals surface area contributed by atoms with Crippen LogP contribution in [-0.4, -0.2) is 43.2 Å². The summed E-state index contributed by atoms with van der Waals surface area (Å²) in [5.41, 5.74) is 3.96. The summed E-state index contributed by atoms with van der Waals surface area (Å²) in [6.07, 6.45) is 4.50. The summed E-state index contributed by atoms with van der Waals surface area (Å²) in [6, 6.07) is 10.2. The third-order valence-corrected chi connectivity index (χ3v) is 6.03. The molecule has 1 atom stereocenters. The highest BCUT2D eigenvalue weighted by Gasteiger charge is 2.32. The highest BCUT2D eigenvalue weighted by Crippen LogP contribution is 2.40. The van der Waals surface area contributed by atoms with Gasteiger partial charge in [0.1, 0.15) is 5.82 Å². The minimum Gasteiger partial charge on any atom is -0.337 e. The molecule has 1 aliphatic carbocycles. The minimum atomic E-state index is 0.0564. The van der Waals surface area contributed by atoms with E-state index in [9.17, 15) is 4.79 Å². The van der Waals surface area contributed by atoms with Gasteiger partial charge in [-0.1, -0.05) is 12.1 Å². The van der Waals surface area contributed by atoms with Gasteiger partial charge in [0, 0.05) is 44.7 Å². The van der Waals surface area contributed by atoms with Crippen LogP contribution < -0.4 is 0 Å². The summed E-state index contributed by atoms with van der Waals surface area (Å²) in [4.78, 5) is 19.9. The van der Waals surface area contributed by atoms with Crippen molar-refractivity contribution in [2.75, 3.05) is 13.1 Å². The van der Waals surface area contributed by atoms with E-state index in [1.54, 1.807) is 0 Å². The van der Waals surface area contributed by atoms with Gasteiger partial charge in [-0.05, 0) is 43.9 Å². The molecule has 1 amide bonds. The number of piperidine rings is 1. The molecule has 6 heteroatoms. The van der Waals surface area contributed by atoms with Crippen LogP contribution in [-0.2, 0) is 14.1 Å². The first kappa shape index (κ1) is 16.5. The first-order valence-electron chi connectivity index (χ1n) is 9.86. The fourth-order valence-electron chi connectivity index (χ4n) is 4.41. The van der Waals surface area contributed by atoms with Gasteiger partial charge in [-0.15, -0.1) is 0 Å². The Hall–Kier alpha value is -2.63. The molecular weight excluding hydrogens is 338 g/mol. The van der Waals surface area contributed by atoms with Gasteiger partial charge < -0.3 is 9.47 Å². The van der Waals surface area contributed by atoms with E-state index in [0.717, 1.165) is 36.2 Å². The maximum absolute atomic E-state index is 13.1. The third-order valence-electron chi connectivity index (χ3n) is 6.03. The fourth-order valence-corrected chi connectivity index (χ4v) is 4.41. The van der Waals surface area contributed by atoms with Crippen molar-refractivity contribution in [2.24, 2.45) is 14.1 Å². The highest BCUT2D eigenvalue weighted by molar-refractivity contribution is 5.92. The quantitative estimate of drug-likeness (QED) is 0.718. The Kier molecular flexibility index (Phi) is 3.81. The number of aromatic nitrogens is 4.